The molecule has 0 aliphatic carbocycles. The summed E-state index contributed by atoms with van der Waals surface area (Å²) in [7, 11) is 0. The lowest BCUT2D eigenvalue weighted by atomic mass is 10.0. The van der Waals surface area contributed by atoms with Gasteiger partial charge in [-0.25, -0.2) is 0 Å². The maximum absolute atomic E-state index is 12.9. The van der Waals surface area contributed by atoms with Crippen molar-refractivity contribution in [3.63, 3.8) is 0 Å². The Labute approximate surface area is 160 Å². The van der Waals surface area contributed by atoms with Gasteiger partial charge in [-0.3, -0.25) is 10.1 Å². The molecule has 27 heavy (non-hydrogen) atoms. The molecule has 2 aromatic carbocycles. The smallest absolute Gasteiger partial charge is 0.258 e. The van der Waals surface area contributed by atoms with E-state index in [9.17, 15) is 4.79 Å². The van der Waals surface area contributed by atoms with Crippen molar-refractivity contribution < 1.29 is 9.21 Å². The van der Waals surface area contributed by atoms with E-state index >= 15 is 0 Å². The number of hydrogen-bond donors (Lipinski definition) is 1. The summed E-state index contributed by atoms with van der Waals surface area (Å²) in [6.07, 6.45) is 3.28. The average Bonchev–Trinajstić information content (AvgIpc) is 3.39. The van der Waals surface area contributed by atoms with E-state index < -0.39 is 0 Å². The normalized spacial score (nSPS) is 11.3. The third kappa shape index (κ3) is 4.02. The molecule has 0 atom stereocenters. The molecule has 4 aromatic rings. The van der Waals surface area contributed by atoms with E-state index in [1.54, 1.807) is 24.5 Å². The number of benzene rings is 2. The molecule has 2 heterocycles. The van der Waals surface area contributed by atoms with Crippen LogP contribution in [0.2, 0.25) is 0 Å². The summed E-state index contributed by atoms with van der Waals surface area (Å²) in [5.74, 6) is 0.333. The maximum atomic E-state index is 12.9. The van der Waals surface area contributed by atoms with Gasteiger partial charge in [0.05, 0.1) is 11.8 Å². The summed E-state index contributed by atoms with van der Waals surface area (Å²) in [5.41, 5.74) is 2.24. The number of nitrogens with zero attached hydrogens (tertiary/aromatic N) is 2. The fraction of sp³-hybridized carbons (Fsp3) is 0. The molecule has 132 valence electrons. The van der Waals surface area contributed by atoms with E-state index in [2.05, 4.69) is 15.5 Å². The Morgan fingerprint density at radius 1 is 0.926 bits per heavy atom. The molecule has 0 aliphatic rings. The number of carbonyl (C=O) groups excluding carboxylic acids is 1. The fourth-order valence-electron chi connectivity index (χ4n) is 2.55. The SMILES string of the molecule is O=C(Nc1nnc(-c2ccccc2)s1)/C(=C/c1ccco1)c1ccccc1. The molecule has 5 nitrogen and oxygen atoms in total. The van der Waals surface area contributed by atoms with Gasteiger partial charge in [-0.15, -0.1) is 10.2 Å². The van der Waals surface area contributed by atoms with Crippen LogP contribution in [-0.2, 0) is 4.79 Å². The first-order valence-corrected chi connectivity index (χ1v) is 9.12. The van der Waals surface area contributed by atoms with Crippen molar-refractivity contribution in [2.75, 3.05) is 5.32 Å². The Kier molecular flexibility index (Phi) is 4.89. The van der Waals surface area contributed by atoms with Gasteiger partial charge < -0.3 is 4.42 Å². The van der Waals surface area contributed by atoms with Crippen molar-refractivity contribution in [2.45, 2.75) is 0 Å². The highest BCUT2D eigenvalue weighted by atomic mass is 32.1. The van der Waals surface area contributed by atoms with E-state index in [1.165, 1.54) is 11.3 Å². The fourth-order valence-corrected chi connectivity index (χ4v) is 3.29. The average molecular weight is 373 g/mol. The van der Waals surface area contributed by atoms with Crippen molar-refractivity contribution in [3.8, 4) is 10.6 Å². The highest BCUT2D eigenvalue weighted by molar-refractivity contribution is 7.18. The van der Waals surface area contributed by atoms with Gasteiger partial charge in [-0.05, 0) is 23.8 Å². The number of hydrogen-bond acceptors (Lipinski definition) is 5. The molecule has 0 aliphatic heterocycles. The quantitative estimate of drug-likeness (QED) is 0.501. The largest absolute Gasteiger partial charge is 0.465 e. The van der Waals surface area contributed by atoms with Gasteiger partial charge in [0.1, 0.15) is 10.8 Å². The molecule has 0 unspecified atom stereocenters. The van der Waals surface area contributed by atoms with E-state index in [0.717, 1.165) is 16.1 Å². The van der Waals surface area contributed by atoms with Gasteiger partial charge in [0.2, 0.25) is 5.13 Å². The minimum atomic E-state index is -0.270. The van der Waals surface area contributed by atoms with Crippen LogP contribution in [0.5, 0.6) is 0 Å². The van der Waals surface area contributed by atoms with Crippen LogP contribution in [0, 0.1) is 0 Å². The minimum absolute atomic E-state index is 0.270. The van der Waals surface area contributed by atoms with Crippen molar-refractivity contribution in [1.82, 2.24) is 10.2 Å². The summed E-state index contributed by atoms with van der Waals surface area (Å²) in [4.78, 5) is 12.9. The van der Waals surface area contributed by atoms with E-state index in [1.807, 2.05) is 60.7 Å². The summed E-state index contributed by atoms with van der Waals surface area (Å²) in [6.45, 7) is 0. The van der Waals surface area contributed by atoms with Gasteiger partial charge in [-0.2, -0.15) is 0 Å². The second kappa shape index (κ2) is 7.80. The molecule has 2 aromatic heterocycles. The summed E-state index contributed by atoms with van der Waals surface area (Å²) in [6, 6.07) is 22.8. The third-order valence-electron chi connectivity index (χ3n) is 3.83. The summed E-state index contributed by atoms with van der Waals surface area (Å²) in [5, 5.41) is 12.3. The van der Waals surface area contributed by atoms with Crippen molar-refractivity contribution >= 4 is 34.0 Å². The molecule has 4 rings (SSSR count). The van der Waals surface area contributed by atoms with Crippen LogP contribution in [0.4, 0.5) is 5.13 Å². The molecule has 0 radical (unpaired) electrons. The summed E-state index contributed by atoms with van der Waals surface area (Å²) >= 11 is 1.33. The predicted molar refractivity (Wildman–Crippen MR) is 107 cm³/mol. The van der Waals surface area contributed by atoms with Crippen LogP contribution in [0.3, 0.4) is 0 Å². The van der Waals surface area contributed by atoms with Crippen LogP contribution < -0.4 is 5.32 Å². The standard InChI is InChI=1S/C21H15N3O2S/c25-19(22-21-24-23-20(27-21)16-10-5-2-6-11-16)18(14-17-12-7-13-26-17)15-8-3-1-4-9-15/h1-14H,(H,22,24,25)/b18-14+. The third-order valence-corrected chi connectivity index (χ3v) is 4.71. The van der Waals surface area contributed by atoms with Crippen LogP contribution in [0.25, 0.3) is 22.2 Å². The molecule has 1 N–H and O–H groups in total. The zero-order chi connectivity index (χ0) is 18.5. The highest BCUT2D eigenvalue weighted by Gasteiger charge is 2.16. The van der Waals surface area contributed by atoms with Crippen molar-refractivity contribution in [2.24, 2.45) is 0 Å². The molecular formula is C21H15N3O2S. The van der Waals surface area contributed by atoms with Gasteiger partial charge >= 0.3 is 0 Å². The summed E-state index contributed by atoms with van der Waals surface area (Å²) < 4.78 is 5.37. The first kappa shape index (κ1) is 16.9. The van der Waals surface area contributed by atoms with E-state index in [-0.39, 0.29) is 5.91 Å². The Bertz CT molecular complexity index is 1060. The van der Waals surface area contributed by atoms with Crippen LogP contribution in [0.15, 0.2) is 83.5 Å². The van der Waals surface area contributed by atoms with E-state index in [4.69, 9.17) is 4.42 Å². The maximum Gasteiger partial charge on any atom is 0.258 e. The molecule has 0 fully saturated rings. The van der Waals surface area contributed by atoms with Crippen LogP contribution in [-0.4, -0.2) is 16.1 Å². The Balaban J connectivity index is 1.60. The van der Waals surface area contributed by atoms with Crippen LogP contribution >= 0.6 is 11.3 Å². The number of furan rings is 1. The Morgan fingerprint density at radius 2 is 1.67 bits per heavy atom. The number of rotatable bonds is 5. The number of aromatic nitrogens is 2. The molecule has 0 spiro atoms. The molecule has 0 bridgehead atoms. The Morgan fingerprint density at radius 3 is 2.37 bits per heavy atom. The minimum Gasteiger partial charge on any atom is -0.465 e. The first-order valence-electron chi connectivity index (χ1n) is 8.30. The lowest BCUT2D eigenvalue weighted by Crippen LogP contribution is -2.13. The van der Waals surface area contributed by atoms with Gasteiger partial charge in [-0.1, -0.05) is 72.0 Å². The molecule has 1 amide bonds. The number of nitrogens with one attached hydrogen (secondary N) is 1. The lowest BCUT2D eigenvalue weighted by Gasteiger charge is -2.06. The van der Waals surface area contributed by atoms with Gasteiger partial charge in [0, 0.05) is 5.56 Å². The first-order chi connectivity index (χ1) is 13.3. The molecule has 6 heteroatoms. The highest BCUT2D eigenvalue weighted by Crippen LogP contribution is 2.27. The zero-order valence-corrected chi connectivity index (χ0v) is 15.0. The van der Waals surface area contributed by atoms with Gasteiger partial charge in [0.15, 0.2) is 0 Å². The van der Waals surface area contributed by atoms with Gasteiger partial charge in [0.25, 0.3) is 5.91 Å². The molecule has 0 saturated heterocycles. The van der Waals surface area contributed by atoms with Crippen molar-refractivity contribution in [1.29, 1.82) is 0 Å². The second-order valence-corrected chi connectivity index (χ2v) is 6.65. The topological polar surface area (TPSA) is 68.0 Å². The van der Waals surface area contributed by atoms with Crippen molar-refractivity contribution in [3.05, 3.63) is 90.4 Å². The monoisotopic (exact) mass is 373 g/mol. The Hall–Kier alpha value is -3.51. The van der Waals surface area contributed by atoms with E-state index in [0.29, 0.717) is 16.5 Å². The molecule has 0 saturated carbocycles. The molecular weight excluding hydrogens is 358 g/mol. The number of amides is 1. The second-order valence-electron chi connectivity index (χ2n) is 5.67. The number of anilines is 1. The lowest BCUT2D eigenvalue weighted by molar-refractivity contribution is -0.111. The number of carbonyl (C=O) groups is 1. The van der Waals surface area contributed by atoms with Crippen LogP contribution in [0.1, 0.15) is 11.3 Å². The predicted octanol–water partition coefficient (Wildman–Crippen LogP) is 4.98. The zero-order valence-electron chi connectivity index (χ0n) is 14.2.